The molecule has 0 heterocycles. The van der Waals surface area contributed by atoms with Crippen LogP contribution in [0.15, 0.2) is 12.1 Å². The Morgan fingerprint density at radius 1 is 1.50 bits per heavy atom. The molecule has 4 nitrogen and oxygen atoms in total. The van der Waals surface area contributed by atoms with Crippen LogP contribution in [0, 0.1) is 5.82 Å². The summed E-state index contributed by atoms with van der Waals surface area (Å²) in [5.41, 5.74) is -0.307. The van der Waals surface area contributed by atoms with Gasteiger partial charge in [-0.05, 0) is 12.1 Å². The molecule has 0 aliphatic heterocycles. The normalized spacial score (nSPS) is 10.8. The SMILES string of the molecule is COc1ccc(F)c(CS(=O)(=O)O)c1Cl.[Na]. The molecule has 1 N–H and O–H groups in total. The standard InChI is InChI=1S/C8H8ClFO4S.Na/c1-14-7-3-2-6(10)5(8(7)9)4-15(11,12)13;/h2-3H,4H2,1H3,(H,11,12,13);. The van der Waals surface area contributed by atoms with Gasteiger partial charge in [-0.25, -0.2) is 4.39 Å². The van der Waals surface area contributed by atoms with Gasteiger partial charge in [0.25, 0.3) is 10.1 Å². The Morgan fingerprint density at radius 2 is 2.06 bits per heavy atom. The monoisotopic (exact) mass is 277 g/mol. The molecule has 0 unspecified atom stereocenters. The fraction of sp³-hybridized carbons (Fsp3) is 0.250. The third kappa shape index (κ3) is 4.20. The van der Waals surface area contributed by atoms with Gasteiger partial charge in [0.15, 0.2) is 0 Å². The molecule has 85 valence electrons. The molecular weight excluding hydrogens is 270 g/mol. The van der Waals surface area contributed by atoms with Crippen molar-refractivity contribution in [2.24, 2.45) is 0 Å². The summed E-state index contributed by atoms with van der Waals surface area (Å²) < 4.78 is 47.7. The zero-order chi connectivity index (χ0) is 11.6. The maximum absolute atomic E-state index is 13.2. The maximum atomic E-state index is 13.2. The van der Waals surface area contributed by atoms with Crippen LogP contribution in [0.3, 0.4) is 0 Å². The Bertz CT molecular complexity index is 477. The van der Waals surface area contributed by atoms with Crippen LogP contribution in [0.1, 0.15) is 5.56 Å². The van der Waals surface area contributed by atoms with Gasteiger partial charge < -0.3 is 4.74 Å². The van der Waals surface area contributed by atoms with Gasteiger partial charge in [0.05, 0.1) is 12.1 Å². The summed E-state index contributed by atoms with van der Waals surface area (Å²) in [7, 11) is -3.01. The third-order valence-electron chi connectivity index (χ3n) is 1.70. The molecule has 0 aliphatic carbocycles. The zero-order valence-corrected chi connectivity index (χ0v) is 12.3. The number of benzene rings is 1. The largest absolute Gasteiger partial charge is 0.495 e. The molecule has 0 atom stereocenters. The fourth-order valence-electron chi connectivity index (χ4n) is 1.05. The second-order valence-electron chi connectivity index (χ2n) is 2.77. The number of halogens is 2. The summed E-state index contributed by atoms with van der Waals surface area (Å²) in [4.78, 5) is 0. The molecule has 0 bridgehead atoms. The van der Waals surface area contributed by atoms with E-state index in [1.54, 1.807) is 0 Å². The van der Waals surface area contributed by atoms with Crippen LogP contribution >= 0.6 is 11.6 Å². The van der Waals surface area contributed by atoms with Crippen molar-refractivity contribution < 1.29 is 22.1 Å². The topological polar surface area (TPSA) is 63.6 Å². The van der Waals surface area contributed by atoms with E-state index in [2.05, 4.69) is 0 Å². The van der Waals surface area contributed by atoms with E-state index in [-0.39, 0.29) is 45.9 Å². The summed E-state index contributed by atoms with van der Waals surface area (Å²) >= 11 is 5.68. The summed E-state index contributed by atoms with van der Waals surface area (Å²) in [5.74, 6) is -1.54. The van der Waals surface area contributed by atoms with E-state index in [4.69, 9.17) is 20.9 Å². The minimum absolute atomic E-state index is 0. The van der Waals surface area contributed by atoms with Gasteiger partial charge in [0.1, 0.15) is 17.3 Å². The van der Waals surface area contributed by atoms with Gasteiger partial charge in [-0.15, -0.1) is 0 Å². The summed E-state index contributed by atoms with van der Waals surface area (Å²) in [6.07, 6.45) is 0. The van der Waals surface area contributed by atoms with Gasteiger partial charge in [0.2, 0.25) is 0 Å². The van der Waals surface area contributed by atoms with Gasteiger partial charge in [0, 0.05) is 35.1 Å². The van der Waals surface area contributed by atoms with Gasteiger partial charge in [-0.1, -0.05) is 11.6 Å². The third-order valence-corrected chi connectivity index (χ3v) is 2.77. The Balaban J connectivity index is 0.00000225. The molecule has 0 spiro atoms. The summed E-state index contributed by atoms with van der Waals surface area (Å²) in [6, 6.07) is 2.29. The van der Waals surface area contributed by atoms with Crippen molar-refractivity contribution >= 4 is 51.3 Å². The Labute approximate surface area is 120 Å². The Kier molecular flexibility index (Phi) is 6.24. The van der Waals surface area contributed by atoms with E-state index in [1.807, 2.05) is 0 Å². The molecule has 0 aliphatic rings. The van der Waals surface area contributed by atoms with Crippen molar-refractivity contribution in [3.63, 3.8) is 0 Å². The molecule has 1 aromatic carbocycles. The van der Waals surface area contributed by atoms with Gasteiger partial charge in [-0.2, -0.15) is 8.42 Å². The van der Waals surface area contributed by atoms with Crippen LogP contribution in [-0.2, 0) is 15.9 Å². The van der Waals surface area contributed by atoms with E-state index >= 15 is 0 Å². The molecule has 16 heavy (non-hydrogen) atoms. The van der Waals surface area contributed by atoms with Crippen LogP contribution in [0.5, 0.6) is 5.75 Å². The van der Waals surface area contributed by atoms with E-state index in [0.29, 0.717) is 0 Å². The maximum Gasteiger partial charge on any atom is 0.269 e. The van der Waals surface area contributed by atoms with E-state index < -0.39 is 21.7 Å². The molecule has 8 heteroatoms. The molecule has 1 rings (SSSR count). The van der Waals surface area contributed by atoms with Crippen LogP contribution in [0.25, 0.3) is 0 Å². The van der Waals surface area contributed by atoms with E-state index in [0.717, 1.165) is 6.07 Å². The molecule has 1 radical (unpaired) electrons. The van der Waals surface area contributed by atoms with Gasteiger partial charge in [-0.3, -0.25) is 4.55 Å². The van der Waals surface area contributed by atoms with E-state index in [9.17, 15) is 12.8 Å². The number of rotatable bonds is 3. The Morgan fingerprint density at radius 3 is 2.50 bits per heavy atom. The van der Waals surface area contributed by atoms with E-state index in [1.165, 1.54) is 13.2 Å². The second kappa shape index (κ2) is 6.18. The van der Waals surface area contributed by atoms with Crippen molar-refractivity contribution in [1.82, 2.24) is 0 Å². The molecule has 0 saturated carbocycles. The quantitative estimate of drug-likeness (QED) is 0.672. The van der Waals surface area contributed by atoms with Crippen LogP contribution < -0.4 is 4.74 Å². The Hall–Kier alpha value is 0.150. The molecule has 0 amide bonds. The van der Waals surface area contributed by atoms with Crippen molar-refractivity contribution in [1.29, 1.82) is 0 Å². The predicted octanol–water partition coefficient (Wildman–Crippen LogP) is 1.49. The molecule has 1 aromatic rings. The minimum Gasteiger partial charge on any atom is -0.495 e. The minimum atomic E-state index is -4.33. The van der Waals surface area contributed by atoms with Crippen molar-refractivity contribution in [2.75, 3.05) is 7.11 Å². The average Bonchev–Trinajstić information content (AvgIpc) is 2.11. The first-order valence-corrected chi connectivity index (χ1v) is 5.80. The first-order chi connectivity index (χ1) is 6.85. The van der Waals surface area contributed by atoms with Crippen LogP contribution in [0.2, 0.25) is 5.02 Å². The van der Waals surface area contributed by atoms with Crippen LogP contribution in [-0.4, -0.2) is 49.6 Å². The van der Waals surface area contributed by atoms with Gasteiger partial charge >= 0.3 is 0 Å². The summed E-state index contributed by atoms with van der Waals surface area (Å²) in [5, 5.41) is -0.157. The summed E-state index contributed by atoms with van der Waals surface area (Å²) in [6.45, 7) is 0. The molecular formula is C8H8ClFNaO4S. The molecule has 0 saturated heterocycles. The molecule has 0 fully saturated rings. The molecule has 0 aromatic heterocycles. The number of hydrogen-bond acceptors (Lipinski definition) is 3. The van der Waals surface area contributed by atoms with Crippen LogP contribution in [0.4, 0.5) is 4.39 Å². The first-order valence-electron chi connectivity index (χ1n) is 3.81. The average molecular weight is 278 g/mol. The second-order valence-corrected chi connectivity index (χ2v) is 4.60. The zero-order valence-electron chi connectivity index (χ0n) is 8.70. The van der Waals surface area contributed by atoms with Crippen molar-refractivity contribution in [3.8, 4) is 5.75 Å². The van der Waals surface area contributed by atoms with Crippen molar-refractivity contribution in [2.45, 2.75) is 5.75 Å². The predicted molar refractivity (Wildman–Crippen MR) is 59.0 cm³/mol. The number of ether oxygens (including phenoxy) is 1. The first kappa shape index (κ1) is 16.1. The fourth-order valence-corrected chi connectivity index (χ4v) is 2.07. The number of methoxy groups -OCH3 is 1. The van der Waals surface area contributed by atoms with Crippen molar-refractivity contribution in [3.05, 3.63) is 28.5 Å². The number of hydrogen-bond donors (Lipinski definition) is 1. The smallest absolute Gasteiger partial charge is 0.269 e.